The van der Waals surface area contributed by atoms with Crippen LogP contribution in [0.1, 0.15) is 30.0 Å². The molecule has 0 N–H and O–H groups in total. The third kappa shape index (κ3) is 6.45. The number of amides is 3. The van der Waals surface area contributed by atoms with Crippen LogP contribution in [0.25, 0.3) is 11.0 Å². The van der Waals surface area contributed by atoms with Gasteiger partial charge in [0.1, 0.15) is 18.4 Å². The summed E-state index contributed by atoms with van der Waals surface area (Å²) < 4.78 is 29.7. The number of rotatable bonds is 9. The molecule has 0 bridgehead atoms. The zero-order valence-electron chi connectivity index (χ0n) is 28.3. The maximum Gasteiger partial charge on any atom is 0.410 e. The maximum atomic E-state index is 16.1. The first-order valence-electron chi connectivity index (χ1n) is 16.9. The van der Waals surface area contributed by atoms with Crippen molar-refractivity contribution in [3.63, 3.8) is 0 Å². The first kappa shape index (κ1) is 33.3. The monoisotopic (exact) mass is 684 g/mol. The molecule has 0 aliphatic carbocycles. The number of imide groups is 1. The Balaban J connectivity index is 0.999. The molecule has 1 unspecified atom stereocenters. The van der Waals surface area contributed by atoms with Crippen molar-refractivity contribution in [2.75, 3.05) is 57.8 Å². The molecule has 3 aliphatic heterocycles. The summed E-state index contributed by atoms with van der Waals surface area (Å²) in [7, 11) is 3.23. The van der Waals surface area contributed by atoms with Crippen LogP contribution >= 0.6 is 0 Å². The topological polar surface area (TPSA) is 110 Å². The minimum atomic E-state index is -1.46. The van der Waals surface area contributed by atoms with Crippen molar-refractivity contribution in [3.05, 3.63) is 94.4 Å². The summed E-state index contributed by atoms with van der Waals surface area (Å²) in [5.41, 5.74) is 1.78. The van der Waals surface area contributed by atoms with Crippen LogP contribution in [0.4, 0.5) is 14.9 Å². The standard InChI is InChI=1S/C37H41FN6O6/c1-39-33-29(42-24-37(38,25-42)23-40-17-19-41(20-18-40)36(48)50-22-27-7-4-3-5-8-27)9-6-10-30(33)44(35(39)47)31-15-16-32(45)43(34(31)46)21-26-11-13-28(49-2)14-12-26/h3-14,31H,15-25H2,1-2H3. The van der Waals surface area contributed by atoms with Gasteiger partial charge in [0.2, 0.25) is 5.91 Å². The number of piperidine rings is 1. The number of likely N-dealkylation sites (tertiary alicyclic amines) is 1. The molecule has 50 heavy (non-hydrogen) atoms. The lowest BCUT2D eigenvalue weighted by Gasteiger charge is -2.48. The highest BCUT2D eigenvalue weighted by Gasteiger charge is 2.46. The lowest BCUT2D eigenvalue weighted by atomic mass is 9.94. The molecule has 1 aromatic heterocycles. The number of benzene rings is 3. The van der Waals surface area contributed by atoms with Gasteiger partial charge in [0.25, 0.3) is 5.91 Å². The van der Waals surface area contributed by atoms with Gasteiger partial charge in [-0.1, -0.05) is 48.5 Å². The fraction of sp³-hybridized carbons (Fsp3) is 0.405. The van der Waals surface area contributed by atoms with E-state index >= 15 is 4.39 Å². The van der Waals surface area contributed by atoms with Crippen LogP contribution in [0.2, 0.25) is 0 Å². The van der Waals surface area contributed by atoms with Crippen LogP contribution in [-0.4, -0.2) is 100 Å². The second-order valence-electron chi connectivity index (χ2n) is 13.4. The van der Waals surface area contributed by atoms with Crippen LogP contribution in [0.15, 0.2) is 77.6 Å². The largest absolute Gasteiger partial charge is 0.497 e. The first-order valence-corrected chi connectivity index (χ1v) is 16.9. The van der Waals surface area contributed by atoms with Gasteiger partial charge in [0.05, 0.1) is 43.5 Å². The number of alkyl halides is 1. The highest BCUT2D eigenvalue weighted by molar-refractivity contribution is 6.00. The Hall–Kier alpha value is -5.17. The minimum absolute atomic E-state index is 0.0999. The highest BCUT2D eigenvalue weighted by atomic mass is 19.1. The quantitative estimate of drug-likeness (QED) is 0.246. The summed E-state index contributed by atoms with van der Waals surface area (Å²) in [6.07, 6.45) is -0.0141. The van der Waals surface area contributed by atoms with Crippen molar-refractivity contribution in [1.29, 1.82) is 0 Å². The van der Waals surface area contributed by atoms with E-state index in [4.69, 9.17) is 9.47 Å². The Morgan fingerprint density at radius 2 is 1.62 bits per heavy atom. The van der Waals surface area contributed by atoms with E-state index in [1.54, 1.807) is 49.4 Å². The Bertz CT molecular complexity index is 1950. The molecule has 13 heteroatoms. The fourth-order valence-corrected chi connectivity index (χ4v) is 7.32. The number of hydrogen-bond acceptors (Lipinski definition) is 8. The van der Waals surface area contributed by atoms with Gasteiger partial charge in [-0.15, -0.1) is 0 Å². The van der Waals surface area contributed by atoms with E-state index in [0.29, 0.717) is 43.0 Å². The second kappa shape index (κ2) is 13.6. The van der Waals surface area contributed by atoms with Gasteiger partial charge in [0.15, 0.2) is 5.67 Å². The molecule has 0 radical (unpaired) electrons. The van der Waals surface area contributed by atoms with Crippen LogP contribution < -0.4 is 15.3 Å². The molecule has 3 saturated heterocycles. The summed E-state index contributed by atoms with van der Waals surface area (Å²) in [5.74, 6) is -0.0290. The van der Waals surface area contributed by atoms with Crippen molar-refractivity contribution < 1.29 is 28.2 Å². The summed E-state index contributed by atoms with van der Waals surface area (Å²) in [4.78, 5) is 59.8. The number of anilines is 1. The summed E-state index contributed by atoms with van der Waals surface area (Å²) in [6, 6.07) is 21.3. The number of halogens is 1. The third-order valence-electron chi connectivity index (χ3n) is 10.0. The molecule has 7 rings (SSSR count). The minimum Gasteiger partial charge on any atom is -0.497 e. The number of fused-ring (bicyclic) bond motifs is 1. The smallest absolute Gasteiger partial charge is 0.410 e. The molecular weight excluding hydrogens is 643 g/mol. The number of para-hydroxylation sites is 1. The molecule has 3 aromatic carbocycles. The average Bonchev–Trinajstić information content (AvgIpc) is 3.38. The van der Waals surface area contributed by atoms with Gasteiger partial charge in [-0.05, 0) is 41.8 Å². The second-order valence-corrected chi connectivity index (χ2v) is 13.4. The predicted molar refractivity (Wildman–Crippen MR) is 185 cm³/mol. The first-order chi connectivity index (χ1) is 24.1. The van der Waals surface area contributed by atoms with Crippen LogP contribution in [0, 0.1) is 0 Å². The number of methoxy groups -OCH3 is 1. The van der Waals surface area contributed by atoms with Crippen LogP contribution in [-0.2, 0) is 34.5 Å². The lowest BCUT2D eigenvalue weighted by Crippen LogP contribution is -2.65. The third-order valence-corrected chi connectivity index (χ3v) is 10.0. The number of ether oxygens (including phenoxy) is 2. The van der Waals surface area contributed by atoms with Gasteiger partial charge in [-0.3, -0.25) is 28.5 Å². The summed E-state index contributed by atoms with van der Waals surface area (Å²) >= 11 is 0. The predicted octanol–water partition coefficient (Wildman–Crippen LogP) is 3.72. The lowest BCUT2D eigenvalue weighted by molar-refractivity contribution is -0.151. The SMILES string of the molecule is COc1ccc(CN2C(=O)CCC(n3c(=O)n(C)c4c(N5CC(F)(CN6CCN(C(=O)OCc7ccccc7)CC6)C5)cccc43)C2=O)cc1. The van der Waals surface area contributed by atoms with Crippen molar-refractivity contribution in [1.82, 2.24) is 23.8 Å². The van der Waals surface area contributed by atoms with Gasteiger partial charge in [-0.2, -0.15) is 0 Å². The van der Waals surface area contributed by atoms with E-state index in [1.165, 1.54) is 14.0 Å². The van der Waals surface area contributed by atoms with Gasteiger partial charge in [0, 0.05) is 46.2 Å². The number of piperazine rings is 1. The normalized spacial score (nSPS) is 19.5. The van der Waals surface area contributed by atoms with E-state index in [-0.39, 0.29) is 63.3 Å². The van der Waals surface area contributed by atoms with E-state index in [0.717, 1.165) is 16.8 Å². The van der Waals surface area contributed by atoms with Gasteiger partial charge < -0.3 is 19.3 Å². The summed E-state index contributed by atoms with van der Waals surface area (Å²) in [5, 5.41) is 0. The number of nitrogens with zero attached hydrogens (tertiary/aromatic N) is 6. The zero-order valence-corrected chi connectivity index (χ0v) is 28.3. The van der Waals surface area contributed by atoms with E-state index < -0.39 is 17.6 Å². The number of hydrogen-bond donors (Lipinski definition) is 0. The van der Waals surface area contributed by atoms with Crippen molar-refractivity contribution in [2.45, 2.75) is 37.7 Å². The summed E-state index contributed by atoms with van der Waals surface area (Å²) in [6.45, 7) is 2.87. The Labute approximate surface area is 289 Å². The molecular formula is C37H41FN6O6. The Morgan fingerprint density at radius 3 is 2.32 bits per heavy atom. The van der Waals surface area contributed by atoms with Gasteiger partial charge in [-0.25, -0.2) is 14.0 Å². The van der Waals surface area contributed by atoms with Crippen LogP contribution in [0.3, 0.4) is 0 Å². The molecule has 3 aliphatic rings. The van der Waals surface area contributed by atoms with Crippen molar-refractivity contribution in [3.8, 4) is 5.75 Å². The number of aromatic nitrogens is 2. The Morgan fingerprint density at radius 1 is 0.900 bits per heavy atom. The maximum absolute atomic E-state index is 16.1. The van der Waals surface area contributed by atoms with E-state index in [2.05, 4.69) is 0 Å². The molecule has 262 valence electrons. The molecule has 4 heterocycles. The number of aryl methyl sites for hydroxylation is 1. The molecule has 4 aromatic rings. The van der Waals surface area contributed by atoms with E-state index in [9.17, 15) is 19.2 Å². The average molecular weight is 685 g/mol. The fourth-order valence-electron chi connectivity index (χ4n) is 7.32. The van der Waals surface area contributed by atoms with Crippen LogP contribution in [0.5, 0.6) is 5.75 Å². The molecule has 0 saturated carbocycles. The van der Waals surface area contributed by atoms with Gasteiger partial charge >= 0.3 is 11.8 Å². The molecule has 3 fully saturated rings. The molecule has 3 amide bonds. The number of carbonyl (C=O) groups is 3. The molecule has 12 nitrogen and oxygen atoms in total. The highest BCUT2D eigenvalue weighted by Crippen LogP contribution is 2.37. The molecule has 1 atom stereocenters. The molecule has 0 spiro atoms. The number of carbonyl (C=O) groups excluding carboxylic acids is 3. The zero-order chi connectivity index (χ0) is 35.0. The number of imidazole rings is 1. The Kier molecular flexibility index (Phi) is 9.08. The van der Waals surface area contributed by atoms with E-state index in [1.807, 2.05) is 52.3 Å². The van der Waals surface area contributed by atoms with Crippen molar-refractivity contribution >= 4 is 34.6 Å². The van der Waals surface area contributed by atoms with Crippen molar-refractivity contribution in [2.24, 2.45) is 7.05 Å².